The van der Waals surface area contributed by atoms with E-state index in [2.05, 4.69) is 26.8 Å². The van der Waals surface area contributed by atoms with Gasteiger partial charge in [0.15, 0.2) is 0 Å². The third-order valence-electron chi connectivity index (χ3n) is 1.76. The number of unbranched alkanes of at least 4 members (excludes halogenated alkanes) is 1. The molecule has 2 heteroatoms. The van der Waals surface area contributed by atoms with Crippen molar-refractivity contribution in [2.24, 2.45) is 0 Å². The van der Waals surface area contributed by atoms with Gasteiger partial charge in [-0.2, -0.15) is 0 Å². The molecular formula is C11H22O2. The topological polar surface area (TPSA) is 18.5 Å². The molecule has 0 bridgehead atoms. The minimum atomic E-state index is 0.227. The molecule has 2 nitrogen and oxygen atoms in total. The van der Waals surface area contributed by atoms with E-state index in [1.807, 2.05) is 0 Å². The van der Waals surface area contributed by atoms with Crippen molar-refractivity contribution in [3.05, 3.63) is 11.6 Å². The van der Waals surface area contributed by atoms with Crippen LogP contribution >= 0.6 is 0 Å². The van der Waals surface area contributed by atoms with Gasteiger partial charge in [-0.05, 0) is 20.3 Å². The minimum Gasteiger partial charge on any atom is -0.359 e. The van der Waals surface area contributed by atoms with Crippen LogP contribution in [-0.2, 0) is 9.47 Å². The monoisotopic (exact) mass is 186 g/mol. The summed E-state index contributed by atoms with van der Waals surface area (Å²) >= 11 is 0. The van der Waals surface area contributed by atoms with Crippen molar-refractivity contribution in [2.45, 2.75) is 46.1 Å². The van der Waals surface area contributed by atoms with Gasteiger partial charge in [0.1, 0.15) is 6.79 Å². The zero-order valence-electron chi connectivity index (χ0n) is 9.30. The van der Waals surface area contributed by atoms with E-state index in [0.717, 1.165) is 6.42 Å². The first-order valence-electron chi connectivity index (χ1n) is 4.96. The summed E-state index contributed by atoms with van der Waals surface area (Å²) in [5.74, 6) is 0. The summed E-state index contributed by atoms with van der Waals surface area (Å²) in [6.45, 7) is 6.76. The number of hydrogen-bond acceptors (Lipinski definition) is 2. The summed E-state index contributed by atoms with van der Waals surface area (Å²) in [6.07, 6.45) is 5.89. The van der Waals surface area contributed by atoms with Gasteiger partial charge >= 0.3 is 0 Å². The summed E-state index contributed by atoms with van der Waals surface area (Å²) in [6, 6.07) is 0. The van der Waals surface area contributed by atoms with Gasteiger partial charge in [0.2, 0.25) is 0 Å². The van der Waals surface area contributed by atoms with Crippen molar-refractivity contribution >= 4 is 0 Å². The van der Waals surface area contributed by atoms with Crippen LogP contribution in [0.4, 0.5) is 0 Å². The lowest BCUT2D eigenvalue weighted by molar-refractivity contribution is -0.0581. The van der Waals surface area contributed by atoms with Crippen LogP contribution in [0.1, 0.15) is 40.0 Å². The third kappa shape index (κ3) is 8.00. The molecule has 0 fully saturated rings. The first kappa shape index (κ1) is 12.7. The molecule has 0 heterocycles. The predicted molar refractivity (Wildman–Crippen MR) is 55.7 cm³/mol. The molecule has 0 aromatic carbocycles. The molecular weight excluding hydrogens is 164 g/mol. The van der Waals surface area contributed by atoms with Gasteiger partial charge in [-0.15, -0.1) is 0 Å². The Morgan fingerprint density at radius 3 is 2.54 bits per heavy atom. The molecule has 78 valence electrons. The van der Waals surface area contributed by atoms with Crippen LogP contribution < -0.4 is 0 Å². The number of rotatable bonds is 7. The molecule has 0 aliphatic heterocycles. The number of methoxy groups -OCH3 is 1. The van der Waals surface area contributed by atoms with Gasteiger partial charge < -0.3 is 9.47 Å². The van der Waals surface area contributed by atoms with E-state index in [-0.39, 0.29) is 6.10 Å². The van der Waals surface area contributed by atoms with Crippen molar-refractivity contribution in [1.82, 2.24) is 0 Å². The Balaban J connectivity index is 3.80. The molecule has 0 aromatic rings. The lowest BCUT2D eigenvalue weighted by atomic mass is 10.1. The molecule has 0 amide bonds. The van der Waals surface area contributed by atoms with Gasteiger partial charge in [0, 0.05) is 7.11 Å². The van der Waals surface area contributed by atoms with E-state index in [9.17, 15) is 0 Å². The number of hydrogen-bond donors (Lipinski definition) is 0. The normalized spacial score (nSPS) is 12.6. The van der Waals surface area contributed by atoms with Crippen molar-refractivity contribution in [2.75, 3.05) is 13.9 Å². The quantitative estimate of drug-likeness (QED) is 0.449. The van der Waals surface area contributed by atoms with Crippen LogP contribution in [0.3, 0.4) is 0 Å². The maximum Gasteiger partial charge on any atom is 0.147 e. The molecule has 0 N–H and O–H groups in total. The fraction of sp³-hybridized carbons (Fsp3) is 0.818. The highest BCUT2D eigenvalue weighted by Gasteiger charge is 2.04. The maximum absolute atomic E-state index is 5.51. The van der Waals surface area contributed by atoms with Crippen LogP contribution in [0, 0.1) is 0 Å². The lowest BCUT2D eigenvalue weighted by Crippen LogP contribution is -2.12. The van der Waals surface area contributed by atoms with E-state index < -0.39 is 0 Å². The average molecular weight is 186 g/mol. The summed E-state index contributed by atoms with van der Waals surface area (Å²) in [7, 11) is 1.65. The van der Waals surface area contributed by atoms with Crippen LogP contribution in [0.15, 0.2) is 11.6 Å². The van der Waals surface area contributed by atoms with Gasteiger partial charge in [0.05, 0.1) is 6.10 Å². The van der Waals surface area contributed by atoms with Crippen molar-refractivity contribution in [3.63, 3.8) is 0 Å². The lowest BCUT2D eigenvalue weighted by Gasteiger charge is -2.13. The molecule has 13 heavy (non-hydrogen) atoms. The van der Waals surface area contributed by atoms with Gasteiger partial charge in [-0.3, -0.25) is 0 Å². The van der Waals surface area contributed by atoms with E-state index in [0.29, 0.717) is 6.79 Å². The molecule has 0 radical (unpaired) electrons. The molecule has 0 spiro atoms. The molecule has 1 atom stereocenters. The highest BCUT2D eigenvalue weighted by molar-refractivity contribution is 4.98. The molecule has 0 saturated carbocycles. The van der Waals surface area contributed by atoms with E-state index in [4.69, 9.17) is 9.47 Å². The van der Waals surface area contributed by atoms with E-state index >= 15 is 0 Å². The second-order valence-corrected chi connectivity index (χ2v) is 3.50. The Labute approximate surface area is 81.9 Å². The fourth-order valence-electron chi connectivity index (χ4n) is 1.15. The second-order valence-electron chi connectivity index (χ2n) is 3.50. The Hall–Kier alpha value is -0.340. The molecule has 0 aliphatic carbocycles. The smallest absolute Gasteiger partial charge is 0.147 e. The maximum atomic E-state index is 5.51. The fourth-order valence-corrected chi connectivity index (χ4v) is 1.15. The summed E-state index contributed by atoms with van der Waals surface area (Å²) in [4.78, 5) is 0. The standard InChI is InChI=1S/C11H22O2/c1-5-6-7-11(8-10(2)3)13-9-12-4/h8,11H,5-7,9H2,1-4H3. The molecule has 1 unspecified atom stereocenters. The van der Waals surface area contributed by atoms with Crippen molar-refractivity contribution in [1.29, 1.82) is 0 Å². The SMILES string of the molecule is CCCCC(C=C(C)C)OCOC. The zero-order valence-corrected chi connectivity index (χ0v) is 9.30. The minimum absolute atomic E-state index is 0.227. The molecule has 0 aliphatic rings. The number of ether oxygens (including phenoxy) is 2. The first-order chi connectivity index (χ1) is 6.20. The summed E-state index contributed by atoms with van der Waals surface area (Å²) < 4.78 is 10.4. The average Bonchev–Trinajstić information content (AvgIpc) is 2.09. The van der Waals surface area contributed by atoms with Crippen molar-refractivity contribution in [3.8, 4) is 0 Å². The van der Waals surface area contributed by atoms with Crippen LogP contribution in [-0.4, -0.2) is 20.0 Å². The highest BCUT2D eigenvalue weighted by atomic mass is 16.7. The molecule has 0 rings (SSSR count). The Kier molecular flexibility index (Phi) is 8.05. The Morgan fingerprint density at radius 1 is 1.38 bits per heavy atom. The second kappa shape index (κ2) is 8.27. The number of allylic oxidation sites excluding steroid dienone is 1. The molecule has 0 aromatic heterocycles. The van der Waals surface area contributed by atoms with Crippen LogP contribution in [0.5, 0.6) is 0 Å². The van der Waals surface area contributed by atoms with E-state index in [1.54, 1.807) is 7.11 Å². The van der Waals surface area contributed by atoms with E-state index in [1.165, 1.54) is 18.4 Å². The van der Waals surface area contributed by atoms with Gasteiger partial charge in [-0.25, -0.2) is 0 Å². The highest BCUT2D eigenvalue weighted by Crippen LogP contribution is 2.08. The van der Waals surface area contributed by atoms with Crippen LogP contribution in [0.2, 0.25) is 0 Å². The van der Waals surface area contributed by atoms with Crippen LogP contribution in [0.25, 0.3) is 0 Å². The van der Waals surface area contributed by atoms with Gasteiger partial charge in [-0.1, -0.05) is 31.4 Å². The van der Waals surface area contributed by atoms with Gasteiger partial charge in [0.25, 0.3) is 0 Å². The third-order valence-corrected chi connectivity index (χ3v) is 1.76. The summed E-state index contributed by atoms with van der Waals surface area (Å²) in [5, 5.41) is 0. The molecule has 0 saturated heterocycles. The predicted octanol–water partition coefficient (Wildman–Crippen LogP) is 3.13. The summed E-state index contributed by atoms with van der Waals surface area (Å²) in [5.41, 5.74) is 1.30. The first-order valence-corrected chi connectivity index (χ1v) is 4.96. The zero-order chi connectivity index (χ0) is 10.1. The van der Waals surface area contributed by atoms with Crippen molar-refractivity contribution < 1.29 is 9.47 Å². The largest absolute Gasteiger partial charge is 0.359 e. The Bertz CT molecular complexity index is 129. The Morgan fingerprint density at radius 2 is 2.08 bits per heavy atom.